The van der Waals surface area contributed by atoms with Gasteiger partial charge in [-0.3, -0.25) is 0 Å². The van der Waals surface area contributed by atoms with Crippen molar-refractivity contribution in [2.45, 2.75) is 55.5 Å². The summed E-state index contributed by atoms with van der Waals surface area (Å²) in [5, 5.41) is 8.53. The molecule has 0 aromatic carbocycles. The molecule has 4 nitrogen and oxygen atoms in total. The smallest absolute Gasteiger partial charge is 0.191 e. The molecule has 21 heavy (non-hydrogen) atoms. The number of hydrogen-bond acceptors (Lipinski definition) is 6. The number of aromatic nitrogens is 2. The number of anilines is 2. The van der Waals surface area contributed by atoms with Gasteiger partial charge in [-0.15, -0.1) is 0 Å². The molecule has 2 N–H and O–H groups in total. The van der Waals surface area contributed by atoms with Crippen molar-refractivity contribution < 1.29 is 0 Å². The van der Waals surface area contributed by atoms with Crippen LogP contribution in [-0.4, -0.2) is 40.3 Å². The highest BCUT2D eigenvalue weighted by atomic mass is 32.2. The molecule has 0 aliphatic heterocycles. The van der Waals surface area contributed by atoms with E-state index < -0.39 is 0 Å². The Labute approximate surface area is 136 Å². The molecule has 1 aliphatic carbocycles. The van der Waals surface area contributed by atoms with E-state index >= 15 is 0 Å². The van der Waals surface area contributed by atoms with E-state index in [9.17, 15) is 0 Å². The number of nitrogens with zero attached hydrogens (tertiary/aromatic N) is 2. The van der Waals surface area contributed by atoms with Gasteiger partial charge in [-0.05, 0) is 31.8 Å². The van der Waals surface area contributed by atoms with E-state index in [1.54, 1.807) is 11.8 Å². The second kappa shape index (κ2) is 8.73. The number of nitrogens with one attached hydrogen (secondary N) is 2. The van der Waals surface area contributed by atoms with Crippen molar-refractivity contribution in [3.8, 4) is 0 Å². The van der Waals surface area contributed by atoms with Gasteiger partial charge in [0.2, 0.25) is 0 Å². The Bertz CT molecular complexity index is 442. The molecular weight excluding hydrogens is 300 g/mol. The summed E-state index contributed by atoms with van der Waals surface area (Å²) in [6, 6.07) is 2.57. The van der Waals surface area contributed by atoms with E-state index in [1.165, 1.54) is 25.7 Å². The van der Waals surface area contributed by atoms with Gasteiger partial charge in [0.15, 0.2) is 5.16 Å². The van der Waals surface area contributed by atoms with Gasteiger partial charge in [0.1, 0.15) is 11.6 Å². The van der Waals surface area contributed by atoms with Gasteiger partial charge in [-0.2, -0.15) is 11.8 Å². The molecule has 1 aromatic rings. The van der Waals surface area contributed by atoms with Crippen LogP contribution in [0.15, 0.2) is 11.2 Å². The average molecular weight is 327 g/mol. The molecule has 1 saturated carbocycles. The lowest BCUT2D eigenvalue weighted by Gasteiger charge is -2.31. The first-order valence-electron chi connectivity index (χ1n) is 7.73. The maximum absolute atomic E-state index is 4.61. The molecule has 0 radical (unpaired) electrons. The quantitative estimate of drug-likeness (QED) is 0.581. The molecule has 6 heteroatoms. The minimum atomic E-state index is 0.525. The predicted molar refractivity (Wildman–Crippen MR) is 95.8 cm³/mol. The first kappa shape index (κ1) is 16.7. The Morgan fingerprint density at radius 2 is 1.95 bits per heavy atom. The fraction of sp³-hybridized carbons (Fsp3) is 0.733. The number of hydrogen-bond donors (Lipinski definition) is 2. The van der Waals surface area contributed by atoms with Crippen molar-refractivity contribution in [1.29, 1.82) is 0 Å². The molecule has 118 valence electrons. The molecular formula is C15H26N4S2. The summed E-state index contributed by atoms with van der Waals surface area (Å²) in [5.41, 5.74) is 0. The molecule has 1 heterocycles. The van der Waals surface area contributed by atoms with Crippen molar-refractivity contribution >= 4 is 35.2 Å². The van der Waals surface area contributed by atoms with Crippen molar-refractivity contribution in [2.24, 2.45) is 0 Å². The zero-order chi connectivity index (χ0) is 15.1. The highest BCUT2D eigenvalue weighted by Gasteiger charge is 2.24. The average Bonchev–Trinajstić information content (AvgIpc) is 2.53. The van der Waals surface area contributed by atoms with Gasteiger partial charge in [-0.25, -0.2) is 9.97 Å². The molecule has 1 aromatic heterocycles. The lowest BCUT2D eigenvalue weighted by molar-refractivity contribution is 0.474. The molecule has 1 aliphatic rings. The van der Waals surface area contributed by atoms with E-state index in [1.807, 2.05) is 24.1 Å². The maximum atomic E-state index is 4.61. The lowest BCUT2D eigenvalue weighted by atomic mass is 9.95. The molecule has 0 saturated heterocycles. The van der Waals surface area contributed by atoms with Crippen LogP contribution in [0.3, 0.4) is 0 Å². The van der Waals surface area contributed by atoms with E-state index in [0.29, 0.717) is 11.3 Å². The van der Waals surface area contributed by atoms with Crippen LogP contribution in [-0.2, 0) is 0 Å². The normalized spacial score (nSPS) is 22.0. The summed E-state index contributed by atoms with van der Waals surface area (Å²) in [7, 11) is 0. The van der Waals surface area contributed by atoms with Gasteiger partial charge < -0.3 is 10.6 Å². The molecule has 1 fully saturated rings. The van der Waals surface area contributed by atoms with E-state index in [2.05, 4.69) is 33.8 Å². The van der Waals surface area contributed by atoms with E-state index in [4.69, 9.17) is 0 Å². The number of thioether (sulfide) groups is 2. The lowest BCUT2D eigenvalue weighted by Crippen LogP contribution is -2.34. The molecule has 2 unspecified atom stereocenters. The van der Waals surface area contributed by atoms with Crippen LogP contribution in [0.1, 0.15) is 39.0 Å². The Morgan fingerprint density at radius 1 is 1.19 bits per heavy atom. The number of rotatable bonds is 7. The van der Waals surface area contributed by atoms with Crippen LogP contribution >= 0.6 is 23.5 Å². The minimum Gasteiger partial charge on any atom is -0.370 e. The molecule has 0 amide bonds. The predicted octanol–water partition coefficient (Wildman–Crippen LogP) is 4.11. The van der Waals surface area contributed by atoms with Gasteiger partial charge in [0.05, 0.1) is 0 Å². The van der Waals surface area contributed by atoms with Gasteiger partial charge in [-0.1, -0.05) is 31.5 Å². The highest BCUT2D eigenvalue weighted by molar-refractivity contribution is 7.99. The fourth-order valence-electron chi connectivity index (χ4n) is 2.67. The van der Waals surface area contributed by atoms with Crippen LogP contribution in [0.2, 0.25) is 0 Å². The van der Waals surface area contributed by atoms with Crippen LogP contribution in [0.4, 0.5) is 11.6 Å². The van der Waals surface area contributed by atoms with Gasteiger partial charge in [0, 0.05) is 23.9 Å². The Kier molecular flexibility index (Phi) is 6.96. The molecule has 0 bridgehead atoms. The summed E-state index contributed by atoms with van der Waals surface area (Å²) in [6.07, 6.45) is 10.5. The third-order valence-electron chi connectivity index (χ3n) is 3.78. The highest BCUT2D eigenvalue weighted by Crippen LogP contribution is 2.30. The Balaban J connectivity index is 2.10. The summed E-state index contributed by atoms with van der Waals surface area (Å²) < 4.78 is 0. The molecule has 2 rings (SSSR count). The third kappa shape index (κ3) is 4.95. The van der Waals surface area contributed by atoms with Crippen LogP contribution in [0.25, 0.3) is 0 Å². The van der Waals surface area contributed by atoms with Crippen molar-refractivity contribution in [3.05, 3.63) is 6.07 Å². The van der Waals surface area contributed by atoms with Crippen molar-refractivity contribution in [3.63, 3.8) is 0 Å². The monoisotopic (exact) mass is 326 g/mol. The van der Waals surface area contributed by atoms with Crippen molar-refractivity contribution in [1.82, 2.24) is 9.97 Å². The largest absolute Gasteiger partial charge is 0.370 e. The van der Waals surface area contributed by atoms with E-state index in [0.717, 1.165) is 29.8 Å². The first-order valence-corrected chi connectivity index (χ1v) is 10.2. The third-order valence-corrected chi connectivity index (χ3v) is 5.50. The second-order valence-corrected chi connectivity index (χ2v) is 7.21. The minimum absolute atomic E-state index is 0.525. The summed E-state index contributed by atoms with van der Waals surface area (Å²) >= 11 is 3.57. The first-order chi connectivity index (χ1) is 10.3. The van der Waals surface area contributed by atoms with Crippen LogP contribution in [0, 0.1) is 0 Å². The van der Waals surface area contributed by atoms with Crippen LogP contribution < -0.4 is 10.6 Å². The van der Waals surface area contributed by atoms with Gasteiger partial charge >= 0.3 is 0 Å². The molecule has 2 atom stereocenters. The van der Waals surface area contributed by atoms with Crippen molar-refractivity contribution in [2.75, 3.05) is 29.7 Å². The Morgan fingerprint density at radius 3 is 2.67 bits per heavy atom. The summed E-state index contributed by atoms with van der Waals surface area (Å²) in [6.45, 7) is 3.11. The maximum Gasteiger partial charge on any atom is 0.191 e. The topological polar surface area (TPSA) is 49.8 Å². The molecule has 0 spiro atoms. The zero-order valence-electron chi connectivity index (χ0n) is 13.2. The summed E-state index contributed by atoms with van der Waals surface area (Å²) in [4.78, 5) is 9.13. The zero-order valence-corrected chi connectivity index (χ0v) is 14.8. The summed E-state index contributed by atoms with van der Waals surface area (Å²) in [5.74, 6) is 1.88. The standard InChI is InChI=1S/C15H26N4S2/c1-4-9-16-13-10-14(19-15(18-13)21-3)17-11-7-5-6-8-12(11)20-2/h10-12H,4-9H2,1-3H3,(H2,16,17,18,19). The Hall–Kier alpha value is -0.620. The second-order valence-electron chi connectivity index (χ2n) is 5.36. The van der Waals surface area contributed by atoms with E-state index in [-0.39, 0.29) is 0 Å². The SMILES string of the molecule is CCCNc1cc(NC2CCCCC2SC)nc(SC)n1. The van der Waals surface area contributed by atoms with Gasteiger partial charge in [0.25, 0.3) is 0 Å². The van der Waals surface area contributed by atoms with Crippen LogP contribution in [0.5, 0.6) is 0 Å². The fourth-order valence-corrected chi connectivity index (χ4v) is 3.98.